The Morgan fingerprint density at radius 3 is 2.37 bits per heavy atom. The van der Waals surface area contributed by atoms with Crippen molar-refractivity contribution < 1.29 is 14.0 Å². The van der Waals surface area contributed by atoms with Gasteiger partial charge in [0.2, 0.25) is 5.91 Å². The van der Waals surface area contributed by atoms with Gasteiger partial charge in [-0.1, -0.05) is 35.9 Å². The van der Waals surface area contributed by atoms with E-state index in [2.05, 4.69) is 10.6 Å². The maximum atomic E-state index is 13.0. The Morgan fingerprint density at radius 1 is 1.00 bits per heavy atom. The van der Waals surface area contributed by atoms with E-state index < -0.39 is 0 Å². The number of carbonyl (C=O) groups is 2. The molecule has 3 aromatic rings. The molecule has 0 saturated carbocycles. The van der Waals surface area contributed by atoms with Gasteiger partial charge < -0.3 is 10.6 Å². The number of hydrogen-bond acceptors (Lipinski definition) is 2. The predicted molar refractivity (Wildman–Crippen MR) is 117 cm³/mol. The molecule has 3 rings (SSSR count). The van der Waals surface area contributed by atoms with E-state index >= 15 is 0 Å². The first-order valence-electron chi connectivity index (χ1n) is 9.61. The van der Waals surface area contributed by atoms with Crippen LogP contribution in [-0.2, 0) is 11.2 Å². The largest absolute Gasteiger partial charge is 0.350 e. The molecule has 0 spiro atoms. The summed E-state index contributed by atoms with van der Waals surface area (Å²) in [6.45, 7) is 1.91. The number of hydrogen-bond donors (Lipinski definition) is 2. The van der Waals surface area contributed by atoms with E-state index in [4.69, 9.17) is 11.6 Å². The first kappa shape index (κ1) is 21.5. The Labute approximate surface area is 180 Å². The zero-order chi connectivity index (χ0) is 21.5. The van der Waals surface area contributed by atoms with Crippen LogP contribution in [0.1, 0.15) is 40.9 Å². The van der Waals surface area contributed by atoms with Crippen molar-refractivity contribution in [1.82, 2.24) is 5.32 Å². The summed E-state index contributed by atoms with van der Waals surface area (Å²) < 4.78 is 13.0. The SMILES string of the molecule is CC(NC(=O)CCc1cccc(Cl)c1)c1ccc(NC(=O)c2ccc(F)cc2)cc1. The molecule has 1 atom stereocenters. The van der Waals surface area contributed by atoms with Gasteiger partial charge in [-0.3, -0.25) is 9.59 Å². The van der Waals surface area contributed by atoms with E-state index in [0.717, 1.165) is 11.1 Å². The smallest absolute Gasteiger partial charge is 0.255 e. The first-order chi connectivity index (χ1) is 14.4. The zero-order valence-electron chi connectivity index (χ0n) is 16.5. The summed E-state index contributed by atoms with van der Waals surface area (Å²) in [5.41, 5.74) is 2.94. The van der Waals surface area contributed by atoms with Gasteiger partial charge in [-0.2, -0.15) is 0 Å². The highest BCUT2D eigenvalue weighted by Gasteiger charge is 2.11. The van der Waals surface area contributed by atoms with Crippen LogP contribution in [0.2, 0.25) is 5.02 Å². The van der Waals surface area contributed by atoms with Crippen LogP contribution in [0, 0.1) is 5.82 Å². The minimum Gasteiger partial charge on any atom is -0.350 e. The van der Waals surface area contributed by atoms with Crippen LogP contribution in [-0.4, -0.2) is 11.8 Å². The number of rotatable bonds is 7. The Balaban J connectivity index is 1.51. The Kier molecular flexibility index (Phi) is 7.20. The standard InChI is InChI=1S/C24H22ClFN2O2/c1-16(27-23(29)14-5-17-3-2-4-20(25)15-17)18-8-12-22(13-9-18)28-24(30)19-6-10-21(26)11-7-19/h2-4,6-13,15-16H,5,14H2,1H3,(H,27,29)(H,28,30). The van der Waals surface area contributed by atoms with Gasteiger partial charge in [0, 0.05) is 22.7 Å². The van der Waals surface area contributed by atoms with Crippen molar-refractivity contribution in [3.63, 3.8) is 0 Å². The lowest BCUT2D eigenvalue weighted by molar-refractivity contribution is -0.121. The minimum atomic E-state index is -0.389. The molecule has 3 aromatic carbocycles. The van der Waals surface area contributed by atoms with Crippen LogP contribution in [0.4, 0.5) is 10.1 Å². The van der Waals surface area contributed by atoms with E-state index in [1.54, 1.807) is 18.2 Å². The lowest BCUT2D eigenvalue weighted by Gasteiger charge is -2.15. The molecule has 0 heterocycles. The number of nitrogens with one attached hydrogen (secondary N) is 2. The van der Waals surface area contributed by atoms with Crippen molar-refractivity contribution >= 4 is 29.1 Å². The third-order valence-electron chi connectivity index (χ3n) is 4.68. The summed E-state index contributed by atoms with van der Waals surface area (Å²) >= 11 is 5.97. The molecule has 154 valence electrons. The van der Waals surface area contributed by atoms with Gasteiger partial charge in [0.05, 0.1) is 6.04 Å². The van der Waals surface area contributed by atoms with Gasteiger partial charge in [0.15, 0.2) is 0 Å². The van der Waals surface area contributed by atoms with Gasteiger partial charge in [-0.15, -0.1) is 0 Å². The molecule has 0 bridgehead atoms. The number of aryl methyl sites for hydroxylation is 1. The van der Waals surface area contributed by atoms with Crippen LogP contribution in [0.5, 0.6) is 0 Å². The number of benzene rings is 3. The van der Waals surface area contributed by atoms with E-state index in [0.29, 0.717) is 29.1 Å². The number of amides is 2. The fourth-order valence-electron chi connectivity index (χ4n) is 3.01. The monoisotopic (exact) mass is 424 g/mol. The second-order valence-corrected chi connectivity index (χ2v) is 7.44. The lowest BCUT2D eigenvalue weighted by atomic mass is 10.1. The van der Waals surface area contributed by atoms with Crippen molar-refractivity contribution in [2.75, 3.05) is 5.32 Å². The fourth-order valence-corrected chi connectivity index (χ4v) is 3.22. The van der Waals surface area contributed by atoms with Crippen molar-refractivity contribution in [3.8, 4) is 0 Å². The molecule has 0 aliphatic rings. The number of carbonyl (C=O) groups excluding carboxylic acids is 2. The molecule has 2 N–H and O–H groups in total. The van der Waals surface area contributed by atoms with Gasteiger partial charge in [-0.05, 0) is 73.0 Å². The summed E-state index contributed by atoms with van der Waals surface area (Å²) in [4.78, 5) is 24.5. The third-order valence-corrected chi connectivity index (χ3v) is 4.92. The molecule has 0 aliphatic heterocycles. The van der Waals surface area contributed by atoms with E-state index in [1.807, 2.05) is 37.3 Å². The molecular formula is C24H22ClFN2O2. The summed E-state index contributed by atoms with van der Waals surface area (Å²) in [5, 5.41) is 6.41. The van der Waals surface area contributed by atoms with Crippen LogP contribution in [0.3, 0.4) is 0 Å². The van der Waals surface area contributed by atoms with E-state index in [-0.39, 0.29) is 23.7 Å². The van der Waals surface area contributed by atoms with Gasteiger partial charge in [0.1, 0.15) is 5.82 Å². The van der Waals surface area contributed by atoms with Crippen molar-refractivity contribution in [1.29, 1.82) is 0 Å². The quantitative estimate of drug-likeness (QED) is 0.523. The molecule has 30 heavy (non-hydrogen) atoms. The zero-order valence-corrected chi connectivity index (χ0v) is 17.2. The summed E-state index contributed by atoms with van der Waals surface area (Å²) in [7, 11) is 0. The Morgan fingerprint density at radius 2 is 1.70 bits per heavy atom. The van der Waals surface area contributed by atoms with E-state index in [9.17, 15) is 14.0 Å². The second kappa shape index (κ2) is 10.0. The molecule has 4 nitrogen and oxygen atoms in total. The number of anilines is 1. The maximum absolute atomic E-state index is 13.0. The van der Waals surface area contributed by atoms with Gasteiger partial charge >= 0.3 is 0 Å². The molecule has 2 amide bonds. The highest BCUT2D eigenvalue weighted by atomic mass is 35.5. The summed E-state index contributed by atoms with van der Waals surface area (Å²) in [5.74, 6) is -0.749. The van der Waals surface area contributed by atoms with Crippen LogP contribution in [0.25, 0.3) is 0 Å². The van der Waals surface area contributed by atoms with Gasteiger partial charge in [0.25, 0.3) is 5.91 Å². The molecule has 0 radical (unpaired) electrons. The van der Waals surface area contributed by atoms with Crippen LogP contribution >= 0.6 is 11.6 Å². The predicted octanol–water partition coefficient (Wildman–Crippen LogP) is 5.54. The molecule has 0 fully saturated rings. The highest BCUT2D eigenvalue weighted by molar-refractivity contribution is 6.30. The maximum Gasteiger partial charge on any atom is 0.255 e. The average Bonchev–Trinajstić information content (AvgIpc) is 2.73. The lowest BCUT2D eigenvalue weighted by Crippen LogP contribution is -2.26. The average molecular weight is 425 g/mol. The Bertz CT molecular complexity index is 1020. The minimum absolute atomic E-state index is 0.0452. The van der Waals surface area contributed by atoms with Crippen LogP contribution < -0.4 is 10.6 Å². The summed E-state index contributed by atoms with van der Waals surface area (Å²) in [6.07, 6.45) is 0.990. The van der Waals surface area contributed by atoms with Crippen molar-refractivity contribution in [2.45, 2.75) is 25.8 Å². The topological polar surface area (TPSA) is 58.2 Å². The molecule has 0 aliphatic carbocycles. The molecule has 0 aromatic heterocycles. The normalized spacial score (nSPS) is 11.6. The number of halogens is 2. The Hall–Kier alpha value is -3.18. The van der Waals surface area contributed by atoms with Crippen LogP contribution in [0.15, 0.2) is 72.8 Å². The van der Waals surface area contributed by atoms with Gasteiger partial charge in [-0.25, -0.2) is 4.39 Å². The molecule has 1 unspecified atom stereocenters. The van der Waals surface area contributed by atoms with E-state index in [1.165, 1.54) is 24.3 Å². The molecule has 6 heteroatoms. The molecule has 0 saturated heterocycles. The molecular weight excluding hydrogens is 403 g/mol. The highest BCUT2D eigenvalue weighted by Crippen LogP contribution is 2.18. The fraction of sp³-hybridized carbons (Fsp3) is 0.167. The third kappa shape index (κ3) is 6.16. The van der Waals surface area contributed by atoms with Crippen molar-refractivity contribution in [2.24, 2.45) is 0 Å². The summed E-state index contributed by atoms with van der Waals surface area (Å²) in [6, 6.07) is 19.9. The second-order valence-electron chi connectivity index (χ2n) is 7.00. The van der Waals surface area contributed by atoms with Crippen molar-refractivity contribution in [3.05, 3.63) is 100 Å². The first-order valence-corrected chi connectivity index (χ1v) is 9.99.